The van der Waals surface area contributed by atoms with Gasteiger partial charge in [0.2, 0.25) is 0 Å². The molecule has 22 heavy (non-hydrogen) atoms. The number of hydrogen-bond acceptors (Lipinski definition) is 4. The van der Waals surface area contributed by atoms with E-state index < -0.39 is 0 Å². The first kappa shape index (κ1) is 14.5. The van der Waals surface area contributed by atoms with Crippen LogP contribution in [0.5, 0.6) is 0 Å². The van der Waals surface area contributed by atoms with Crippen molar-refractivity contribution in [3.63, 3.8) is 0 Å². The number of aromatic nitrogens is 3. The maximum atomic E-state index is 11.3. The van der Waals surface area contributed by atoms with Crippen molar-refractivity contribution in [3.8, 4) is 16.9 Å². The molecule has 1 heterocycles. The summed E-state index contributed by atoms with van der Waals surface area (Å²) < 4.78 is 1.72. The van der Waals surface area contributed by atoms with Gasteiger partial charge in [0.25, 0.3) is 0 Å². The van der Waals surface area contributed by atoms with Gasteiger partial charge in [-0.25, -0.2) is 4.68 Å². The van der Waals surface area contributed by atoms with Crippen molar-refractivity contribution in [1.29, 1.82) is 0 Å². The zero-order valence-corrected chi connectivity index (χ0v) is 13.2. The lowest BCUT2D eigenvalue weighted by Gasteiger charge is -2.09. The number of thioether (sulfide) groups is 1. The predicted molar refractivity (Wildman–Crippen MR) is 88.7 cm³/mol. The number of carbonyl (C=O) groups is 1. The molecule has 0 N–H and O–H groups in total. The second kappa shape index (κ2) is 6.15. The summed E-state index contributed by atoms with van der Waals surface area (Å²) in [4.78, 5) is 12.5. The van der Waals surface area contributed by atoms with Gasteiger partial charge < -0.3 is 0 Å². The van der Waals surface area contributed by atoms with Crippen LogP contribution in [0.1, 0.15) is 16.1 Å². The van der Waals surface area contributed by atoms with Gasteiger partial charge in [0.1, 0.15) is 5.69 Å². The molecular weight excluding hydrogens is 294 g/mol. The quantitative estimate of drug-likeness (QED) is 0.543. The van der Waals surface area contributed by atoms with Gasteiger partial charge in [-0.2, -0.15) is 0 Å². The Bertz CT molecular complexity index is 826. The Morgan fingerprint density at radius 2 is 1.95 bits per heavy atom. The molecule has 0 fully saturated rings. The number of aryl methyl sites for hydroxylation is 1. The van der Waals surface area contributed by atoms with Gasteiger partial charge in [-0.3, -0.25) is 4.79 Å². The highest BCUT2D eigenvalue weighted by atomic mass is 32.2. The van der Waals surface area contributed by atoms with Crippen molar-refractivity contribution >= 4 is 18.0 Å². The molecule has 4 nitrogen and oxygen atoms in total. The van der Waals surface area contributed by atoms with E-state index in [9.17, 15) is 4.79 Å². The van der Waals surface area contributed by atoms with Crippen molar-refractivity contribution in [2.24, 2.45) is 0 Å². The minimum absolute atomic E-state index is 0.347. The molecule has 0 saturated heterocycles. The smallest absolute Gasteiger partial charge is 0.172 e. The van der Waals surface area contributed by atoms with E-state index in [1.54, 1.807) is 16.4 Å². The fourth-order valence-corrected chi connectivity index (χ4v) is 2.81. The Morgan fingerprint density at radius 3 is 2.68 bits per heavy atom. The third-order valence-electron chi connectivity index (χ3n) is 3.40. The number of nitrogens with zero attached hydrogens (tertiary/aromatic N) is 3. The summed E-state index contributed by atoms with van der Waals surface area (Å²) in [6.45, 7) is 2.02. The first-order chi connectivity index (χ1) is 10.7. The van der Waals surface area contributed by atoms with Gasteiger partial charge in [0.15, 0.2) is 12.0 Å². The van der Waals surface area contributed by atoms with Crippen LogP contribution < -0.4 is 0 Å². The van der Waals surface area contributed by atoms with Gasteiger partial charge in [0, 0.05) is 10.5 Å². The highest BCUT2D eigenvalue weighted by Gasteiger charge is 2.16. The summed E-state index contributed by atoms with van der Waals surface area (Å²) in [5, 5.41) is 8.18. The largest absolute Gasteiger partial charge is 0.296 e. The zero-order valence-electron chi connectivity index (χ0n) is 12.4. The first-order valence-corrected chi connectivity index (χ1v) is 8.08. The van der Waals surface area contributed by atoms with Gasteiger partial charge >= 0.3 is 0 Å². The van der Waals surface area contributed by atoms with Crippen LogP contribution in [0.25, 0.3) is 16.9 Å². The molecule has 2 aromatic carbocycles. The van der Waals surface area contributed by atoms with Crippen LogP contribution in [0.2, 0.25) is 0 Å². The highest BCUT2D eigenvalue weighted by molar-refractivity contribution is 7.98. The molecule has 0 unspecified atom stereocenters. The van der Waals surface area contributed by atoms with Crippen LogP contribution in [0.4, 0.5) is 0 Å². The Morgan fingerprint density at radius 1 is 1.14 bits per heavy atom. The van der Waals surface area contributed by atoms with E-state index in [2.05, 4.69) is 10.3 Å². The average Bonchev–Trinajstić information content (AvgIpc) is 2.99. The standard InChI is InChI=1S/C17H15N3OS/c1-12-5-3-6-13(9-12)17-16(11-21)18-19-20(17)14-7-4-8-15(10-14)22-2/h3-11H,1-2H3. The number of rotatable bonds is 4. The summed E-state index contributed by atoms with van der Waals surface area (Å²) in [5.74, 6) is 0. The molecule has 0 aliphatic rings. The molecule has 0 bridgehead atoms. The molecule has 0 aliphatic heterocycles. The Kier molecular flexibility index (Phi) is 4.06. The molecule has 110 valence electrons. The molecule has 0 saturated carbocycles. The minimum Gasteiger partial charge on any atom is -0.296 e. The molecule has 0 spiro atoms. The van der Waals surface area contributed by atoms with Crippen LogP contribution in [0, 0.1) is 6.92 Å². The first-order valence-electron chi connectivity index (χ1n) is 6.85. The molecule has 1 aromatic heterocycles. The lowest BCUT2D eigenvalue weighted by Crippen LogP contribution is -2.00. The lowest BCUT2D eigenvalue weighted by molar-refractivity contribution is 0.111. The van der Waals surface area contributed by atoms with E-state index in [1.165, 1.54) is 0 Å². The van der Waals surface area contributed by atoms with Gasteiger partial charge in [0.05, 0.1) is 5.69 Å². The second-order valence-corrected chi connectivity index (χ2v) is 5.80. The SMILES string of the molecule is CSc1cccc(-n2nnc(C=O)c2-c2cccc(C)c2)c1. The Balaban J connectivity index is 2.21. The monoisotopic (exact) mass is 309 g/mol. The van der Waals surface area contributed by atoms with Crippen LogP contribution in [-0.4, -0.2) is 27.5 Å². The van der Waals surface area contributed by atoms with E-state index in [1.807, 2.05) is 61.7 Å². The zero-order chi connectivity index (χ0) is 15.5. The van der Waals surface area contributed by atoms with Crippen LogP contribution in [-0.2, 0) is 0 Å². The fraction of sp³-hybridized carbons (Fsp3) is 0.118. The maximum absolute atomic E-state index is 11.3. The summed E-state index contributed by atoms with van der Waals surface area (Å²) in [7, 11) is 0. The van der Waals surface area contributed by atoms with E-state index in [0.717, 1.165) is 33.7 Å². The Labute approximate surface area is 133 Å². The van der Waals surface area contributed by atoms with E-state index in [-0.39, 0.29) is 0 Å². The van der Waals surface area contributed by atoms with E-state index >= 15 is 0 Å². The summed E-state index contributed by atoms with van der Waals surface area (Å²) in [6, 6.07) is 16.0. The second-order valence-electron chi connectivity index (χ2n) is 4.92. The van der Waals surface area contributed by atoms with Crippen LogP contribution in [0.15, 0.2) is 53.4 Å². The van der Waals surface area contributed by atoms with Crippen LogP contribution >= 0.6 is 11.8 Å². The maximum Gasteiger partial charge on any atom is 0.172 e. The Hall–Kier alpha value is -2.40. The molecule has 3 rings (SSSR count). The lowest BCUT2D eigenvalue weighted by atomic mass is 10.1. The highest BCUT2D eigenvalue weighted by Crippen LogP contribution is 2.26. The number of hydrogen-bond donors (Lipinski definition) is 0. The molecule has 0 amide bonds. The summed E-state index contributed by atoms with van der Waals surface area (Å²) in [6.07, 6.45) is 2.78. The summed E-state index contributed by atoms with van der Waals surface area (Å²) >= 11 is 1.66. The molecule has 0 aliphatic carbocycles. The van der Waals surface area contributed by atoms with Crippen molar-refractivity contribution in [2.75, 3.05) is 6.26 Å². The third kappa shape index (κ3) is 2.67. The predicted octanol–water partition coefficient (Wildman–Crippen LogP) is 3.78. The number of carbonyl (C=O) groups excluding carboxylic acids is 1. The van der Waals surface area contributed by atoms with Gasteiger partial charge in [-0.15, -0.1) is 16.9 Å². The van der Waals surface area contributed by atoms with Crippen molar-refractivity contribution in [3.05, 3.63) is 59.8 Å². The molecule has 3 aromatic rings. The number of aldehydes is 1. The minimum atomic E-state index is 0.347. The molecule has 0 atom stereocenters. The molecule has 5 heteroatoms. The van der Waals surface area contributed by atoms with Crippen molar-refractivity contribution < 1.29 is 4.79 Å². The molecule has 0 radical (unpaired) electrons. The van der Waals surface area contributed by atoms with Crippen molar-refractivity contribution in [2.45, 2.75) is 11.8 Å². The average molecular weight is 309 g/mol. The molecular formula is C17H15N3OS. The third-order valence-corrected chi connectivity index (χ3v) is 4.12. The van der Waals surface area contributed by atoms with Gasteiger partial charge in [-0.1, -0.05) is 35.0 Å². The summed E-state index contributed by atoms with van der Waals surface area (Å²) in [5.41, 5.74) is 4.02. The van der Waals surface area contributed by atoms with E-state index in [0.29, 0.717) is 5.69 Å². The van der Waals surface area contributed by atoms with Crippen molar-refractivity contribution in [1.82, 2.24) is 15.0 Å². The number of benzene rings is 2. The fourth-order valence-electron chi connectivity index (χ4n) is 2.36. The topological polar surface area (TPSA) is 47.8 Å². The van der Waals surface area contributed by atoms with E-state index in [4.69, 9.17) is 0 Å². The van der Waals surface area contributed by atoms with Gasteiger partial charge in [-0.05, 0) is 37.4 Å². The van der Waals surface area contributed by atoms with Crippen LogP contribution in [0.3, 0.4) is 0 Å². The normalized spacial score (nSPS) is 10.6.